The molecule has 0 saturated carbocycles. The summed E-state index contributed by atoms with van der Waals surface area (Å²) in [6.45, 7) is 0.390. The van der Waals surface area contributed by atoms with Crippen LogP contribution in [0, 0.1) is 0 Å². The maximum Gasteiger partial charge on any atom is 0.145 e. The number of benzene rings is 2. The Balaban J connectivity index is 2.34. The highest BCUT2D eigenvalue weighted by molar-refractivity contribution is 6.33. The predicted octanol–water partition coefficient (Wildman–Crippen LogP) is 5.12. The predicted molar refractivity (Wildman–Crippen MR) is 86.0 cm³/mol. The van der Waals surface area contributed by atoms with E-state index in [9.17, 15) is 0 Å². The largest absolute Gasteiger partial charge is 0.495 e. The maximum absolute atomic E-state index is 6.23. The Hall–Kier alpha value is -0.830. The van der Waals surface area contributed by atoms with E-state index < -0.39 is 0 Å². The molecule has 0 radical (unpaired) electrons. The van der Waals surface area contributed by atoms with Crippen molar-refractivity contribution >= 4 is 45.6 Å². The van der Waals surface area contributed by atoms with Crippen molar-refractivity contribution in [2.45, 2.75) is 11.8 Å². The molecule has 5 heteroatoms. The molecule has 0 saturated heterocycles. The van der Waals surface area contributed by atoms with E-state index in [4.69, 9.17) is 44.3 Å². The third-order valence-electron chi connectivity index (χ3n) is 2.96. The van der Waals surface area contributed by atoms with Gasteiger partial charge in [0.2, 0.25) is 0 Å². The number of halogens is 3. The average Bonchev–Trinajstić information content (AvgIpc) is 2.45. The average molecular weight is 334 g/mol. The minimum absolute atomic E-state index is 0.118. The fourth-order valence-electron chi connectivity index (χ4n) is 1.99. The van der Waals surface area contributed by atoms with E-state index >= 15 is 0 Å². The van der Waals surface area contributed by atoms with E-state index in [1.165, 1.54) is 0 Å². The fraction of sp³-hybridized carbons (Fsp3) is 0.333. The van der Waals surface area contributed by atoms with Crippen LogP contribution in [0.4, 0.5) is 0 Å². The quantitative estimate of drug-likeness (QED) is 0.683. The van der Waals surface area contributed by atoms with Crippen LogP contribution in [-0.4, -0.2) is 25.0 Å². The van der Waals surface area contributed by atoms with E-state index in [1.807, 2.05) is 24.3 Å². The van der Waals surface area contributed by atoms with E-state index in [0.29, 0.717) is 35.4 Å². The second-order valence-electron chi connectivity index (χ2n) is 4.32. The molecule has 2 aromatic rings. The Bertz CT molecular complexity index is 587. The molecule has 1 unspecified atom stereocenters. The first-order chi connectivity index (χ1) is 9.67. The minimum Gasteiger partial charge on any atom is -0.495 e. The van der Waals surface area contributed by atoms with Gasteiger partial charge in [-0.3, -0.25) is 0 Å². The Labute approximate surface area is 133 Å². The summed E-state index contributed by atoms with van der Waals surface area (Å²) >= 11 is 18.0. The van der Waals surface area contributed by atoms with E-state index in [-0.39, 0.29) is 5.38 Å². The lowest BCUT2D eigenvalue weighted by atomic mass is 10.1. The van der Waals surface area contributed by atoms with Gasteiger partial charge < -0.3 is 9.47 Å². The molecule has 2 aromatic carbocycles. The van der Waals surface area contributed by atoms with Crippen molar-refractivity contribution in [2.75, 3.05) is 19.6 Å². The SMILES string of the molecule is COc1c(Cl)cc(OCC(Cl)CCCl)c2ccccc12. The topological polar surface area (TPSA) is 18.5 Å². The molecule has 0 aliphatic carbocycles. The van der Waals surface area contributed by atoms with Gasteiger partial charge in [0.25, 0.3) is 0 Å². The molecule has 20 heavy (non-hydrogen) atoms. The zero-order chi connectivity index (χ0) is 14.5. The highest BCUT2D eigenvalue weighted by atomic mass is 35.5. The summed E-state index contributed by atoms with van der Waals surface area (Å²) in [4.78, 5) is 0. The lowest BCUT2D eigenvalue weighted by Crippen LogP contribution is -2.12. The molecule has 0 spiro atoms. The van der Waals surface area contributed by atoms with Crippen LogP contribution >= 0.6 is 34.8 Å². The summed E-state index contributed by atoms with van der Waals surface area (Å²) < 4.78 is 11.1. The molecular formula is C15H15Cl3O2. The van der Waals surface area contributed by atoms with Crippen molar-refractivity contribution in [3.05, 3.63) is 35.4 Å². The van der Waals surface area contributed by atoms with Crippen molar-refractivity contribution in [1.82, 2.24) is 0 Å². The van der Waals surface area contributed by atoms with E-state index in [2.05, 4.69) is 0 Å². The summed E-state index contributed by atoms with van der Waals surface area (Å²) in [5.74, 6) is 1.87. The van der Waals surface area contributed by atoms with E-state index in [1.54, 1.807) is 13.2 Å². The number of methoxy groups -OCH3 is 1. The third kappa shape index (κ3) is 3.43. The van der Waals surface area contributed by atoms with Crippen LogP contribution in [0.15, 0.2) is 30.3 Å². The maximum atomic E-state index is 6.23. The van der Waals surface area contributed by atoms with Gasteiger partial charge in [-0.15, -0.1) is 23.2 Å². The van der Waals surface area contributed by atoms with Crippen LogP contribution in [0.2, 0.25) is 5.02 Å². The van der Waals surface area contributed by atoms with Crippen molar-refractivity contribution in [2.24, 2.45) is 0 Å². The number of fused-ring (bicyclic) bond motifs is 1. The first-order valence-electron chi connectivity index (χ1n) is 6.25. The zero-order valence-corrected chi connectivity index (χ0v) is 13.3. The van der Waals surface area contributed by atoms with Gasteiger partial charge in [0.1, 0.15) is 18.1 Å². The van der Waals surface area contributed by atoms with Crippen molar-refractivity contribution < 1.29 is 9.47 Å². The molecule has 0 aliphatic heterocycles. The zero-order valence-electron chi connectivity index (χ0n) is 11.0. The van der Waals surface area contributed by atoms with Crippen LogP contribution < -0.4 is 9.47 Å². The normalized spacial score (nSPS) is 12.4. The van der Waals surface area contributed by atoms with Crippen LogP contribution in [0.1, 0.15) is 6.42 Å². The molecule has 0 aromatic heterocycles. The molecule has 1 atom stereocenters. The number of rotatable bonds is 6. The third-order valence-corrected chi connectivity index (χ3v) is 3.80. The lowest BCUT2D eigenvalue weighted by Gasteiger charge is -2.15. The van der Waals surface area contributed by atoms with Crippen LogP contribution in [0.3, 0.4) is 0 Å². The van der Waals surface area contributed by atoms with Crippen LogP contribution in [-0.2, 0) is 0 Å². The van der Waals surface area contributed by atoms with Crippen LogP contribution in [0.25, 0.3) is 10.8 Å². The lowest BCUT2D eigenvalue weighted by molar-refractivity contribution is 0.316. The first kappa shape index (κ1) is 15.6. The van der Waals surface area contributed by atoms with Crippen molar-refractivity contribution in [3.63, 3.8) is 0 Å². The Kier molecular flexibility index (Phi) is 5.64. The van der Waals surface area contributed by atoms with Crippen molar-refractivity contribution in [3.8, 4) is 11.5 Å². The molecule has 0 fully saturated rings. The molecule has 0 N–H and O–H groups in total. The Morgan fingerprint density at radius 3 is 2.55 bits per heavy atom. The van der Waals surface area contributed by atoms with Gasteiger partial charge in [0, 0.05) is 22.7 Å². The summed E-state index contributed by atoms with van der Waals surface area (Å²) in [6.07, 6.45) is 0.699. The number of hydrogen-bond acceptors (Lipinski definition) is 2. The standard InChI is InChI=1S/C15H15Cl3O2/c1-19-15-12-5-3-2-4-11(12)14(8-13(15)18)20-9-10(17)6-7-16/h2-5,8,10H,6-7,9H2,1H3. The van der Waals surface area contributed by atoms with Gasteiger partial charge in [-0.2, -0.15) is 0 Å². The smallest absolute Gasteiger partial charge is 0.145 e. The minimum atomic E-state index is -0.118. The summed E-state index contributed by atoms with van der Waals surface area (Å²) in [6, 6.07) is 9.55. The summed E-state index contributed by atoms with van der Waals surface area (Å²) in [7, 11) is 1.60. The van der Waals surface area contributed by atoms with Gasteiger partial charge in [-0.05, 0) is 6.42 Å². The molecule has 0 bridgehead atoms. The highest BCUT2D eigenvalue weighted by Crippen LogP contribution is 2.39. The molecular weight excluding hydrogens is 319 g/mol. The van der Waals surface area contributed by atoms with Gasteiger partial charge in [-0.1, -0.05) is 35.9 Å². The Morgan fingerprint density at radius 1 is 1.20 bits per heavy atom. The van der Waals surface area contributed by atoms with Gasteiger partial charge in [0.05, 0.1) is 17.5 Å². The number of alkyl halides is 2. The molecule has 0 heterocycles. The second kappa shape index (κ2) is 7.26. The summed E-state index contributed by atoms with van der Waals surface area (Å²) in [5.41, 5.74) is 0. The molecule has 0 aliphatic rings. The van der Waals surface area contributed by atoms with Gasteiger partial charge in [0.15, 0.2) is 0 Å². The molecule has 0 amide bonds. The Morgan fingerprint density at radius 2 is 1.90 bits per heavy atom. The summed E-state index contributed by atoms with van der Waals surface area (Å²) in [5, 5.41) is 2.27. The highest BCUT2D eigenvalue weighted by Gasteiger charge is 2.13. The number of ether oxygens (including phenoxy) is 2. The fourth-order valence-corrected chi connectivity index (χ4v) is 2.82. The van der Waals surface area contributed by atoms with E-state index in [0.717, 1.165) is 10.8 Å². The van der Waals surface area contributed by atoms with Crippen LogP contribution in [0.5, 0.6) is 11.5 Å². The molecule has 2 nitrogen and oxygen atoms in total. The number of hydrogen-bond donors (Lipinski definition) is 0. The second-order valence-corrected chi connectivity index (χ2v) is 5.72. The first-order valence-corrected chi connectivity index (χ1v) is 7.60. The van der Waals surface area contributed by atoms with Gasteiger partial charge >= 0.3 is 0 Å². The monoisotopic (exact) mass is 332 g/mol. The molecule has 2 rings (SSSR count). The van der Waals surface area contributed by atoms with Crippen molar-refractivity contribution in [1.29, 1.82) is 0 Å². The van der Waals surface area contributed by atoms with Gasteiger partial charge in [-0.25, -0.2) is 0 Å². The molecule has 108 valence electrons.